The van der Waals surface area contributed by atoms with Crippen LogP contribution in [-0.4, -0.2) is 26.2 Å². The van der Waals surface area contributed by atoms with Crippen LogP contribution >= 0.6 is 0 Å². The molecule has 1 aliphatic heterocycles. The summed E-state index contributed by atoms with van der Waals surface area (Å²) in [5.74, 6) is -0.950. The molecule has 22 heavy (non-hydrogen) atoms. The topological polar surface area (TPSA) is 7.68 Å². The third-order valence-electron chi connectivity index (χ3n) is 4.38. The smallest absolute Gasteiger partial charge is 0.134 e. The van der Waals surface area contributed by atoms with Crippen molar-refractivity contribution in [2.75, 3.05) is 31.1 Å². The van der Waals surface area contributed by atoms with Crippen LogP contribution in [0.5, 0.6) is 0 Å². The minimum absolute atomic E-state index is 0.436. The number of para-hydroxylation sites is 1. The number of halogens is 2. The molecule has 1 aliphatic rings. The van der Waals surface area contributed by atoms with Crippen LogP contribution in [0, 0.1) is 18.6 Å². The zero-order valence-electron chi connectivity index (χ0n) is 12.8. The highest BCUT2D eigenvalue weighted by atomic mass is 19.1. The van der Waals surface area contributed by atoms with Gasteiger partial charge in [-0.2, -0.15) is 0 Å². The number of rotatable bonds is 3. The van der Waals surface area contributed by atoms with Gasteiger partial charge in [0.05, 0.1) is 26.2 Å². The fourth-order valence-electron chi connectivity index (χ4n) is 3.09. The Hall–Kier alpha value is -1.94. The molecule has 1 N–H and O–H groups in total. The number of quaternary nitrogens is 1. The zero-order chi connectivity index (χ0) is 15.5. The highest BCUT2D eigenvalue weighted by Gasteiger charge is 2.22. The lowest BCUT2D eigenvalue weighted by Gasteiger charge is -2.34. The minimum atomic E-state index is -0.513. The molecule has 2 aromatic carbocycles. The highest BCUT2D eigenvalue weighted by molar-refractivity contribution is 5.53. The van der Waals surface area contributed by atoms with E-state index in [2.05, 4.69) is 36.1 Å². The van der Waals surface area contributed by atoms with Crippen molar-refractivity contribution in [3.8, 4) is 0 Å². The molecule has 0 radical (unpaired) electrons. The Morgan fingerprint density at radius 1 is 1.05 bits per heavy atom. The van der Waals surface area contributed by atoms with Crippen molar-refractivity contribution < 1.29 is 13.7 Å². The summed E-state index contributed by atoms with van der Waals surface area (Å²) < 4.78 is 26.7. The maximum absolute atomic E-state index is 13.7. The molecule has 4 heteroatoms. The first-order valence-electron chi connectivity index (χ1n) is 7.71. The molecule has 2 aromatic rings. The predicted molar refractivity (Wildman–Crippen MR) is 84.2 cm³/mol. The summed E-state index contributed by atoms with van der Waals surface area (Å²) >= 11 is 0. The highest BCUT2D eigenvalue weighted by Crippen LogP contribution is 2.19. The van der Waals surface area contributed by atoms with Crippen molar-refractivity contribution >= 4 is 5.69 Å². The second kappa shape index (κ2) is 6.44. The molecular weight excluding hydrogens is 282 g/mol. The lowest BCUT2D eigenvalue weighted by atomic mass is 10.1. The van der Waals surface area contributed by atoms with Crippen molar-refractivity contribution in [1.82, 2.24) is 0 Å². The first-order valence-corrected chi connectivity index (χ1v) is 7.71. The molecular formula is C18H21F2N2+. The second-order valence-electron chi connectivity index (χ2n) is 5.94. The Morgan fingerprint density at radius 3 is 2.45 bits per heavy atom. The molecule has 2 nitrogen and oxygen atoms in total. The fraction of sp³-hybridized carbons (Fsp3) is 0.333. The van der Waals surface area contributed by atoms with E-state index in [1.807, 2.05) is 0 Å². The number of hydrogen-bond acceptors (Lipinski definition) is 1. The van der Waals surface area contributed by atoms with Crippen molar-refractivity contribution in [2.24, 2.45) is 0 Å². The Labute approximate surface area is 130 Å². The van der Waals surface area contributed by atoms with Gasteiger partial charge in [0.2, 0.25) is 0 Å². The lowest BCUT2D eigenvalue weighted by Crippen LogP contribution is -3.13. The molecule has 0 atom stereocenters. The molecule has 1 heterocycles. The van der Waals surface area contributed by atoms with Gasteiger partial charge in [0, 0.05) is 17.3 Å². The SMILES string of the molecule is Cc1ccccc1N1CC[NH+](Cc2ccc(F)cc2F)CC1. The molecule has 1 fully saturated rings. The maximum Gasteiger partial charge on any atom is 0.134 e. The van der Waals surface area contributed by atoms with E-state index in [4.69, 9.17) is 0 Å². The Kier molecular flexibility index (Phi) is 4.39. The zero-order valence-corrected chi connectivity index (χ0v) is 12.8. The molecule has 116 valence electrons. The summed E-state index contributed by atoms with van der Waals surface area (Å²) in [6, 6.07) is 12.3. The molecule has 1 saturated heterocycles. The largest absolute Gasteiger partial charge is 0.360 e. The van der Waals surface area contributed by atoms with Gasteiger partial charge in [0.15, 0.2) is 0 Å². The van der Waals surface area contributed by atoms with Crippen LogP contribution in [0.15, 0.2) is 42.5 Å². The molecule has 0 saturated carbocycles. The number of piperazine rings is 1. The molecule has 0 aliphatic carbocycles. The van der Waals surface area contributed by atoms with E-state index < -0.39 is 11.6 Å². The Balaban J connectivity index is 1.61. The van der Waals surface area contributed by atoms with Crippen molar-refractivity contribution in [1.29, 1.82) is 0 Å². The molecule has 0 amide bonds. The van der Waals surface area contributed by atoms with Crippen molar-refractivity contribution in [3.63, 3.8) is 0 Å². The van der Waals surface area contributed by atoms with Crippen LogP contribution in [-0.2, 0) is 6.54 Å². The van der Waals surface area contributed by atoms with Gasteiger partial charge in [-0.05, 0) is 30.7 Å². The van der Waals surface area contributed by atoms with Gasteiger partial charge in [-0.1, -0.05) is 18.2 Å². The van der Waals surface area contributed by atoms with E-state index in [1.54, 1.807) is 6.07 Å². The van der Waals surface area contributed by atoms with Crippen LogP contribution < -0.4 is 9.80 Å². The third-order valence-corrected chi connectivity index (χ3v) is 4.38. The first kappa shape index (κ1) is 15.0. The van der Waals surface area contributed by atoms with Gasteiger partial charge in [-0.15, -0.1) is 0 Å². The quantitative estimate of drug-likeness (QED) is 0.913. The van der Waals surface area contributed by atoms with Gasteiger partial charge in [0.1, 0.15) is 18.2 Å². The summed E-state index contributed by atoms with van der Waals surface area (Å²) in [6.07, 6.45) is 0. The monoisotopic (exact) mass is 303 g/mol. The average molecular weight is 303 g/mol. The summed E-state index contributed by atoms with van der Waals surface area (Å²) in [4.78, 5) is 3.73. The number of aryl methyl sites for hydroxylation is 1. The third kappa shape index (κ3) is 3.28. The number of nitrogens with zero attached hydrogens (tertiary/aromatic N) is 1. The minimum Gasteiger partial charge on any atom is -0.360 e. The molecule has 3 rings (SSSR count). The Morgan fingerprint density at radius 2 is 1.77 bits per heavy atom. The maximum atomic E-state index is 13.7. The lowest BCUT2D eigenvalue weighted by molar-refractivity contribution is -0.914. The normalized spacial score (nSPS) is 16.0. The second-order valence-corrected chi connectivity index (χ2v) is 5.94. The molecule has 0 spiro atoms. The van der Waals surface area contributed by atoms with Crippen LogP contribution in [0.1, 0.15) is 11.1 Å². The summed E-state index contributed by atoms with van der Waals surface area (Å²) in [5, 5.41) is 0. The van der Waals surface area contributed by atoms with E-state index in [0.29, 0.717) is 12.1 Å². The number of nitrogens with one attached hydrogen (secondary N) is 1. The molecule has 0 bridgehead atoms. The number of hydrogen-bond donors (Lipinski definition) is 1. The predicted octanol–water partition coefficient (Wildman–Crippen LogP) is 2.18. The van der Waals surface area contributed by atoms with Crippen molar-refractivity contribution in [3.05, 3.63) is 65.2 Å². The van der Waals surface area contributed by atoms with E-state index in [0.717, 1.165) is 32.2 Å². The van der Waals surface area contributed by atoms with E-state index >= 15 is 0 Å². The summed E-state index contributed by atoms with van der Waals surface area (Å²) in [6.45, 7) is 6.60. The van der Waals surface area contributed by atoms with Crippen LogP contribution in [0.25, 0.3) is 0 Å². The summed E-state index contributed by atoms with van der Waals surface area (Å²) in [7, 11) is 0. The van der Waals surface area contributed by atoms with E-state index in [1.165, 1.54) is 22.2 Å². The standard InChI is InChI=1S/C18H20F2N2/c1-14-4-2-3-5-18(14)22-10-8-21(9-11-22)13-15-6-7-16(19)12-17(15)20/h2-7,12H,8-11,13H2,1H3/p+1. The van der Waals surface area contributed by atoms with Crippen LogP contribution in [0.2, 0.25) is 0 Å². The van der Waals surface area contributed by atoms with Gasteiger partial charge < -0.3 is 9.80 Å². The number of anilines is 1. The van der Waals surface area contributed by atoms with E-state index in [9.17, 15) is 8.78 Å². The van der Waals surface area contributed by atoms with Crippen LogP contribution in [0.3, 0.4) is 0 Å². The molecule has 0 unspecified atom stereocenters. The summed E-state index contributed by atoms with van der Waals surface area (Å²) in [5.41, 5.74) is 3.17. The van der Waals surface area contributed by atoms with Gasteiger partial charge >= 0.3 is 0 Å². The van der Waals surface area contributed by atoms with Gasteiger partial charge in [-0.3, -0.25) is 0 Å². The fourth-order valence-corrected chi connectivity index (χ4v) is 3.09. The first-order chi connectivity index (χ1) is 10.6. The van der Waals surface area contributed by atoms with Gasteiger partial charge in [-0.25, -0.2) is 8.78 Å². The number of benzene rings is 2. The van der Waals surface area contributed by atoms with Crippen molar-refractivity contribution in [2.45, 2.75) is 13.5 Å². The Bertz CT molecular complexity index is 649. The van der Waals surface area contributed by atoms with E-state index in [-0.39, 0.29) is 0 Å². The van der Waals surface area contributed by atoms with Crippen LogP contribution in [0.4, 0.5) is 14.5 Å². The average Bonchev–Trinajstić information content (AvgIpc) is 2.51. The molecule has 0 aromatic heterocycles. The van der Waals surface area contributed by atoms with Gasteiger partial charge in [0.25, 0.3) is 0 Å².